The van der Waals surface area contributed by atoms with Crippen LogP contribution in [0.15, 0.2) is 4.99 Å². The number of likely N-dealkylation sites (tertiary alicyclic amines) is 1. The highest BCUT2D eigenvalue weighted by molar-refractivity contribution is 7.99. The van der Waals surface area contributed by atoms with E-state index in [1.165, 1.54) is 64.6 Å². The van der Waals surface area contributed by atoms with Crippen molar-refractivity contribution in [2.24, 2.45) is 10.9 Å². The second-order valence-corrected chi connectivity index (χ2v) is 8.43. The molecule has 0 spiro atoms. The van der Waals surface area contributed by atoms with Crippen molar-refractivity contribution in [1.29, 1.82) is 0 Å². The van der Waals surface area contributed by atoms with Crippen LogP contribution in [0.3, 0.4) is 0 Å². The van der Waals surface area contributed by atoms with Gasteiger partial charge in [-0.1, -0.05) is 13.3 Å². The van der Waals surface area contributed by atoms with Gasteiger partial charge in [0.25, 0.3) is 0 Å². The van der Waals surface area contributed by atoms with Crippen LogP contribution >= 0.6 is 11.8 Å². The highest BCUT2D eigenvalue weighted by Gasteiger charge is 2.22. The molecule has 0 amide bonds. The largest absolute Gasteiger partial charge is 0.357 e. The number of nitrogens with zero attached hydrogens (tertiary/aromatic N) is 2. The van der Waals surface area contributed by atoms with Crippen LogP contribution in [0.25, 0.3) is 0 Å². The summed E-state index contributed by atoms with van der Waals surface area (Å²) in [7, 11) is 0. The first kappa shape index (κ1) is 19.9. The summed E-state index contributed by atoms with van der Waals surface area (Å²) in [4.78, 5) is 7.43. The molecule has 1 aliphatic heterocycles. The summed E-state index contributed by atoms with van der Waals surface area (Å²) in [5.41, 5.74) is 0. The molecule has 2 N–H and O–H groups in total. The monoisotopic (exact) mass is 354 g/mol. The van der Waals surface area contributed by atoms with Crippen LogP contribution in [0.4, 0.5) is 0 Å². The predicted molar refractivity (Wildman–Crippen MR) is 108 cm³/mol. The van der Waals surface area contributed by atoms with Crippen molar-refractivity contribution in [3.8, 4) is 0 Å². The summed E-state index contributed by atoms with van der Waals surface area (Å²) in [5, 5.41) is 7.96. The molecular weight excluding hydrogens is 316 g/mol. The number of guanidine groups is 1. The van der Waals surface area contributed by atoms with Crippen molar-refractivity contribution in [3.05, 3.63) is 0 Å². The van der Waals surface area contributed by atoms with Gasteiger partial charge in [-0.25, -0.2) is 0 Å². The van der Waals surface area contributed by atoms with E-state index in [9.17, 15) is 0 Å². The molecule has 0 bridgehead atoms. The van der Waals surface area contributed by atoms with E-state index in [1.54, 1.807) is 0 Å². The lowest BCUT2D eigenvalue weighted by Crippen LogP contribution is -2.45. The summed E-state index contributed by atoms with van der Waals surface area (Å²) in [5.74, 6) is 1.91. The van der Waals surface area contributed by atoms with Crippen LogP contribution in [0, 0.1) is 5.92 Å². The van der Waals surface area contributed by atoms with E-state index in [4.69, 9.17) is 4.99 Å². The van der Waals surface area contributed by atoms with Crippen LogP contribution in [0.2, 0.25) is 0 Å². The Morgan fingerprint density at radius 2 is 1.96 bits per heavy atom. The SMILES string of the molecule is CCNC(=NCCC1CCN(CC)CC1)NC1CCCC(SC)C1. The Kier molecular flexibility index (Phi) is 9.32. The van der Waals surface area contributed by atoms with Gasteiger partial charge in [-0.2, -0.15) is 11.8 Å². The fraction of sp³-hybridized carbons (Fsp3) is 0.947. The number of rotatable bonds is 7. The van der Waals surface area contributed by atoms with Crippen LogP contribution in [-0.2, 0) is 0 Å². The third-order valence-electron chi connectivity index (χ3n) is 5.61. The highest BCUT2D eigenvalue weighted by Crippen LogP contribution is 2.26. The number of piperidine rings is 1. The van der Waals surface area contributed by atoms with E-state index >= 15 is 0 Å². The average Bonchev–Trinajstić information content (AvgIpc) is 2.62. The Bertz CT molecular complexity index is 366. The van der Waals surface area contributed by atoms with Crippen LogP contribution in [0.1, 0.15) is 58.8 Å². The van der Waals surface area contributed by atoms with E-state index in [2.05, 4.69) is 35.6 Å². The Morgan fingerprint density at radius 1 is 1.17 bits per heavy atom. The number of hydrogen-bond acceptors (Lipinski definition) is 3. The Hall–Kier alpha value is -0.420. The lowest BCUT2D eigenvalue weighted by atomic mass is 9.94. The van der Waals surface area contributed by atoms with Gasteiger partial charge in [0, 0.05) is 24.4 Å². The first-order chi connectivity index (χ1) is 11.7. The maximum absolute atomic E-state index is 4.87. The minimum Gasteiger partial charge on any atom is -0.357 e. The van der Waals surface area contributed by atoms with Gasteiger partial charge in [-0.15, -0.1) is 0 Å². The molecule has 2 rings (SSSR count). The number of aliphatic imine (C=N–C) groups is 1. The van der Waals surface area contributed by atoms with Crippen molar-refractivity contribution in [1.82, 2.24) is 15.5 Å². The Labute approximate surface area is 153 Å². The van der Waals surface area contributed by atoms with Gasteiger partial charge in [0.15, 0.2) is 5.96 Å². The standard InChI is InChI=1S/C19H38N4S/c1-4-20-19(22-17-7-6-8-18(15-17)24-3)21-12-9-16-10-13-23(5-2)14-11-16/h16-18H,4-15H2,1-3H3,(H2,20,21,22). The van der Waals surface area contributed by atoms with Crippen molar-refractivity contribution in [3.63, 3.8) is 0 Å². The van der Waals surface area contributed by atoms with Crippen LogP contribution < -0.4 is 10.6 Å². The third-order valence-corrected chi connectivity index (χ3v) is 6.70. The maximum Gasteiger partial charge on any atom is 0.191 e. The smallest absolute Gasteiger partial charge is 0.191 e. The minimum absolute atomic E-state index is 0.599. The molecule has 1 heterocycles. The molecule has 0 aromatic carbocycles. The number of hydrogen-bond donors (Lipinski definition) is 2. The van der Waals surface area contributed by atoms with E-state index in [0.29, 0.717) is 6.04 Å². The molecular formula is C19H38N4S. The van der Waals surface area contributed by atoms with Gasteiger partial charge in [-0.3, -0.25) is 4.99 Å². The topological polar surface area (TPSA) is 39.7 Å². The molecule has 2 atom stereocenters. The van der Waals surface area contributed by atoms with Gasteiger partial charge in [0.1, 0.15) is 0 Å². The first-order valence-corrected chi connectivity index (χ1v) is 11.3. The normalized spacial score (nSPS) is 27.2. The molecule has 140 valence electrons. The molecule has 1 saturated carbocycles. The zero-order chi connectivity index (χ0) is 17.2. The molecule has 4 nitrogen and oxygen atoms in total. The Balaban J connectivity index is 1.74. The number of nitrogens with one attached hydrogen (secondary N) is 2. The number of thioether (sulfide) groups is 1. The second kappa shape index (κ2) is 11.2. The van der Waals surface area contributed by atoms with E-state index in [0.717, 1.165) is 30.2 Å². The predicted octanol–water partition coefficient (Wildman–Crippen LogP) is 3.34. The summed E-state index contributed by atoms with van der Waals surface area (Å²) >= 11 is 2.02. The summed E-state index contributed by atoms with van der Waals surface area (Å²) in [6.45, 7) is 10.1. The van der Waals surface area contributed by atoms with Gasteiger partial charge < -0.3 is 15.5 Å². The summed E-state index contributed by atoms with van der Waals surface area (Å²) in [6.07, 6.45) is 11.5. The summed E-state index contributed by atoms with van der Waals surface area (Å²) in [6, 6.07) is 0.599. The van der Waals surface area contributed by atoms with Gasteiger partial charge in [0.05, 0.1) is 0 Å². The molecule has 2 aliphatic rings. The highest BCUT2D eigenvalue weighted by atomic mass is 32.2. The fourth-order valence-corrected chi connectivity index (χ4v) is 4.78. The van der Waals surface area contributed by atoms with Crippen molar-refractivity contribution >= 4 is 17.7 Å². The molecule has 24 heavy (non-hydrogen) atoms. The van der Waals surface area contributed by atoms with Gasteiger partial charge in [-0.05, 0) is 77.3 Å². The second-order valence-electron chi connectivity index (χ2n) is 7.29. The molecule has 2 unspecified atom stereocenters. The molecule has 0 aromatic heterocycles. The minimum atomic E-state index is 0.599. The molecule has 0 aromatic rings. The van der Waals surface area contributed by atoms with Crippen molar-refractivity contribution < 1.29 is 0 Å². The van der Waals surface area contributed by atoms with E-state index in [-0.39, 0.29) is 0 Å². The average molecular weight is 355 g/mol. The first-order valence-electron chi connectivity index (χ1n) is 10.0. The van der Waals surface area contributed by atoms with E-state index in [1.807, 2.05) is 11.8 Å². The van der Waals surface area contributed by atoms with Crippen LogP contribution in [-0.4, -0.2) is 61.1 Å². The van der Waals surface area contributed by atoms with Crippen LogP contribution in [0.5, 0.6) is 0 Å². The fourth-order valence-electron chi connectivity index (χ4n) is 3.95. The van der Waals surface area contributed by atoms with Crippen molar-refractivity contribution in [2.45, 2.75) is 70.1 Å². The summed E-state index contributed by atoms with van der Waals surface area (Å²) < 4.78 is 0. The lowest BCUT2D eigenvalue weighted by Gasteiger charge is -2.31. The van der Waals surface area contributed by atoms with Crippen molar-refractivity contribution in [2.75, 3.05) is 39.0 Å². The molecule has 1 saturated heterocycles. The van der Waals surface area contributed by atoms with Gasteiger partial charge >= 0.3 is 0 Å². The lowest BCUT2D eigenvalue weighted by molar-refractivity contribution is 0.188. The zero-order valence-corrected chi connectivity index (χ0v) is 16.8. The van der Waals surface area contributed by atoms with E-state index < -0.39 is 0 Å². The molecule has 1 aliphatic carbocycles. The molecule has 5 heteroatoms. The third kappa shape index (κ3) is 6.83. The maximum atomic E-state index is 4.87. The Morgan fingerprint density at radius 3 is 2.62 bits per heavy atom. The van der Waals surface area contributed by atoms with Gasteiger partial charge in [0.2, 0.25) is 0 Å². The molecule has 2 fully saturated rings. The molecule has 0 radical (unpaired) electrons. The zero-order valence-electron chi connectivity index (χ0n) is 16.0. The quantitative estimate of drug-likeness (QED) is 0.543.